The SMILES string of the molecule is O=C(CCC(=O)N1CCc2sccc2C1)NCC(=O)NCc1ccccc1. The van der Waals surface area contributed by atoms with Crippen LogP contribution >= 0.6 is 11.3 Å². The molecule has 1 aliphatic rings. The van der Waals surface area contributed by atoms with Gasteiger partial charge in [0, 0.05) is 37.4 Å². The third-order valence-electron chi connectivity index (χ3n) is 4.50. The summed E-state index contributed by atoms with van der Waals surface area (Å²) in [5, 5.41) is 7.37. The Bertz CT molecular complexity index is 804. The first kappa shape index (κ1) is 19.1. The lowest BCUT2D eigenvalue weighted by atomic mass is 10.1. The second-order valence-corrected chi connectivity index (χ2v) is 7.47. The van der Waals surface area contributed by atoms with Crippen LogP contribution in [0.4, 0.5) is 0 Å². The van der Waals surface area contributed by atoms with Gasteiger partial charge in [-0.2, -0.15) is 0 Å². The van der Waals surface area contributed by atoms with E-state index in [1.165, 1.54) is 10.4 Å². The van der Waals surface area contributed by atoms with Crippen LogP contribution in [0.2, 0.25) is 0 Å². The molecule has 0 saturated carbocycles. The Morgan fingerprint density at radius 3 is 2.63 bits per heavy atom. The molecule has 0 radical (unpaired) electrons. The molecule has 1 aromatic heterocycles. The summed E-state index contributed by atoms with van der Waals surface area (Å²) in [5.41, 5.74) is 2.21. The van der Waals surface area contributed by atoms with Gasteiger partial charge in [0.05, 0.1) is 6.54 Å². The molecule has 0 unspecified atom stereocenters. The lowest BCUT2D eigenvalue weighted by Crippen LogP contribution is -2.38. The summed E-state index contributed by atoms with van der Waals surface area (Å²) in [7, 11) is 0. The van der Waals surface area contributed by atoms with Gasteiger partial charge in [-0.3, -0.25) is 14.4 Å². The molecule has 6 nitrogen and oxygen atoms in total. The second-order valence-electron chi connectivity index (χ2n) is 6.47. The number of hydrogen-bond acceptors (Lipinski definition) is 4. The summed E-state index contributed by atoms with van der Waals surface area (Å²) in [4.78, 5) is 39.2. The van der Waals surface area contributed by atoms with Crippen LogP contribution < -0.4 is 10.6 Å². The Morgan fingerprint density at radius 2 is 1.81 bits per heavy atom. The zero-order chi connectivity index (χ0) is 19.1. The molecule has 0 fully saturated rings. The highest BCUT2D eigenvalue weighted by atomic mass is 32.1. The van der Waals surface area contributed by atoms with Crippen molar-refractivity contribution in [3.8, 4) is 0 Å². The van der Waals surface area contributed by atoms with Gasteiger partial charge in [0.1, 0.15) is 0 Å². The predicted octanol–water partition coefficient (Wildman–Crippen LogP) is 1.85. The van der Waals surface area contributed by atoms with E-state index in [-0.39, 0.29) is 37.1 Å². The van der Waals surface area contributed by atoms with Gasteiger partial charge in [-0.15, -0.1) is 11.3 Å². The molecule has 0 aliphatic carbocycles. The number of amides is 3. The minimum atomic E-state index is -0.286. The van der Waals surface area contributed by atoms with Crippen molar-refractivity contribution < 1.29 is 14.4 Å². The smallest absolute Gasteiger partial charge is 0.239 e. The molecule has 0 spiro atoms. The fourth-order valence-corrected chi connectivity index (χ4v) is 3.86. The number of nitrogens with zero attached hydrogens (tertiary/aromatic N) is 1. The van der Waals surface area contributed by atoms with Crippen LogP contribution in [0.1, 0.15) is 28.8 Å². The maximum Gasteiger partial charge on any atom is 0.239 e. The van der Waals surface area contributed by atoms with Gasteiger partial charge in [-0.25, -0.2) is 0 Å². The first-order valence-electron chi connectivity index (χ1n) is 9.02. The summed E-state index contributed by atoms with van der Waals surface area (Å²) in [5.74, 6) is -0.554. The topological polar surface area (TPSA) is 78.5 Å². The first-order valence-corrected chi connectivity index (χ1v) is 9.90. The first-order chi connectivity index (χ1) is 13.1. The summed E-state index contributed by atoms with van der Waals surface area (Å²) < 4.78 is 0. The average molecular weight is 385 g/mol. The van der Waals surface area contributed by atoms with E-state index in [0.29, 0.717) is 19.6 Å². The Balaban J connectivity index is 1.32. The third-order valence-corrected chi connectivity index (χ3v) is 5.53. The van der Waals surface area contributed by atoms with Crippen molar-refractivity contribution in [2.24, 2.45) is 0 Å². The quantitative estimate of drug-likeness (QED) is 0.763. The zero-order valence-corrected chi connectivity index (χ0v) is 15.9. The highest BCUT2D eigenvalue weighted by molar-refractivity contribution is 7.10. The van der Waals surface area contributed by atoms with E-state index in [1.54, 1.807) is 16.2 Å². The Kier molecular flexibility index (Phi) is 6.59. The fraction of sp³-hybridized carbons (Fsp3) is 0.350. The van der Waals surface area contributed by atoms with Gasteiger partial charge < -0.3 is 15.5 Å². The van der Waals surface area contributed by atoms with Crippen molar-refractivity contribution in [1.82, 2.24) is 15.5 Å². The Morgan fingerprint density at radius 1 is 1.00 bits per heavy atom. The maximum atomic E-state index is 12.3. The van der Waals surface area contributed by atoms with E-state index in [9.17, 15) is 14.4 Å². The molecule has 0 atom stereocenters. The van der Waals surface area contributed by atoms with Crippen LogP contribution in [0.3, 0.4) is 0 Å². The van der Waals surface area contributed by atoms with Crippen molar-refractivity contribution in [1.29, 1.82) is 0 Å². The van der Waals surface area contributed by atoms with E-state index < -0.39 is 0 Å². The summed E-state index contributed by atoms with van der Waals surface area (Å²) in [6.45, 7) is 1.67. The van der Waals surface area contributed by atoms with E-state index in [1.807, 2.05) is 30.3 Å². The third kappa shape index (κ3) is 5.65. The molecule has 1 aliphatic heterocycles. The molecule has 2 heterocycles. The maximum absolute atomic E-state index is 12.3. The Labute approximate surface area is 162 Å². The van der Waals surface area contributed by atoms with Gasteiger partial charge >= 0.3 is 0 Å². The highest BCUT2D eigenvalue weighted by Gasteiger charge is 2.21. The van der Waals surface area contributed by atoms with Gasteiger partial charge in [0.15, 0.2) is 0 Å². The van der Waals surface area contributed by atoms with Gasteiger partial charge in [0.2, 0.25) is 17.7 Å². The zero-order valence-electron chi connectivity index (χ0n) is 15.1. The van der Waals surface area contributed by atoms with Crippen LogP contribution in [-0.4, -0.2) is 35.7 Å². The number of hydrogen-bond donors (Lipinski definition) is 2. The van der Waals surface area contributed by atoms with Crippen LogP contribution in [0, 0.1) is 0 Å². The molecule has 1 aromatic carbocycles. The number of carbonyl (C=O) groups is 3. The largest absolute Gasteiger partial charge is 0.350 e. The number of nitrogens with one attached hydrogen (secondary N) is 2. The van der Waals surface area contributed by atoms with Crippen molar-refractivity contribution in [3.05, 3.63) is 57.8 Å². The molecule has 27 heavy (non-hydrogen) atoms. The minimum absolute atomic E-state index is 0.0180. The van der Waals surface area contributed by atoms with E-state index >= 15 is 0 Å². The van der Waals surface area contributed by atoms with Gasteiger partial charge in [-0.05, 0) is 29.0 Å². The number of thiophene rings is 1. The fourth-order valence-electron chi connectivity index (χ4n) is 2.97. The standard InChI is InChI=1S/C20H23N3O3S/c24-18(22-13-19(25)21-12-15-4-2-1-3-5-15)6-7-20(26)23-10-8-17-16(14-23)9-11-27-17/h1-5,9,11H,6-8,10,12-14H2,(H,21,25)(H,22,24). The van der Waals surface area contributed by atoms with Crippen molar-refractivity contribution >= 4 is 29.1 Å². The highest BCUT2D eigenvalue weighted by Crippen LogP contribution is 2.24. The molecule has 3 amide bonds. The number of carbonyl (C=O) groups excluding carboxylic acids is 3. The number of benzene rings is 1. The lowest BCUT2D eigenvalue weighted by Gasteiger charge is -2.27. The van der Waals surface area contributed by atoms with Crippen molar-refractivity contribution in [2.45, 2.75) is 32.4 Å². The molecule has 0 saturated heterocycles. The number of rotatable bonds is 7. The second kappa shape index (κ2) is 9.32. The van der Waals surface area contributed by atoms with E-state index in [0.717, 1.165) is 12.0 Å². The summed E-state index contributed by atoms with van der Waals surface area (Å²) in [6.07, 6.45) is 1.14. The van der Waals surface area contributed by atoms with Crippen molar-refractivity contribution in [2.75, 3.05) is 13.1 Å². The van der Waals surface area contributed by atoms with E-state index in [4.69, 9.17) is 0 Å². The molecule has 0 bridgehead atoms. The molecular formula is C20H23N3O3S. The molecule has 2 aromatic rings. The summed E-state index contributed by atoms with van der Waals surface area (Å²) >= 11 is 1.73. The normalized spacial score (nSPS) is 13.0. The van der Waals surface area contributed by atoms with Crippen LogP contribution in [0.25, 0.3) is 0 Å². The monoisotopic (exact) mass is 385 g/mol. The van der Waals surface area contributed by atoms with Crippen LogP contribution in [0.5, 0.6) is 0 Å². The summed E-state index contributed by atoms with van der Waals surface area (Å²) in [6, 6.07) is 11.6. The Hall–Kier alpha value is -2.67. The molecular weight excluding hydrogens is 362 g/mol. The molecule has 3 rings (SSSR count). The molecule has 7 heteroatoms. The molecule has 2 N–H and O–H groups in total. The van der Waals surface area contributed by atoms with Crippen molar-refractivity contribution in [3.63, 3.8) is 0 Å². The lowest BCUT2D eigenvalue weighted by molar-refractivity contribution is -0.134. The minimum Gasteiger partial charge on any atom is -0.350 e. The predicted molar refractivity (Wildman–Crippen MR) is 104 cm³/mol. The van der Waals surface area contributed by atoms with Crippen LogP contribution in [0.15, 0.2) is 41.8 Å². The van der Waals surface area contributed by atoms with Gasteiger partial charge in [0.25, 0.3) is 0 Å². The van der Waals surface area contributed by atoms with Gasteiger partial charge in [-0.1, -0.05) is 30.3 Å². The number of fused-ring (bicyclic) bond motifs is 1. The van der Waals surface area contributed by atoms with E-state index in [2.05, 4.69) is 22.1 Å². The van der Waals surface area contributed by atoms with Crippen LogP contribution in [-0.2, 0) is 33.9 Å². The molecule has 142 valence electrons. The average Bonchev–Trinajstić information content (AvgIpc) is 3.17.